The number of alkyl halides is 2. The van der Waals surface area contributed by atoms with Gasteiger partial charge in [0.05, 0.1) is 0 Å². The number of aliphatic hydroxyl groups excluding tert-OH is 1. The molecule has 0 bridgehead atoms. The molecule has 1 nitrogen and oxygen atoms in total. The van der Waals surface area contributed by atoms with Crippen molar-refractivity contribution >= 4 is 34.1 Å². The third-order valence-corrected chi connectivity index (χ3v) is 6.47. The third kappa shape index (κ3) is 2.86. The molecular weight excluding hydrogens is 333 g/mol. The zero-order valence-electron chi connectivity index (χ0n) is 9.41. The van der Waals surface area contributed by atoms with Crippen LogP contribution >= 0.6 is 11.6 Å². The molecule has 91 valence electrons. The molecule has 0 amide bonds. The van der Waals surface area contributed by atoms with Gasteiger partial charge in [0.1, 0.15) is 0 Å². The molecule has 2 fully saturated rings. The molecule has 4 atom stereocenters. The number of hydrogen-bond acceptors (Lipinski definition) is 1. The SMILES string of the molecule is OC1CCC(C2CC[CH]([Sn])CC2)C(Cl)C1F. The van der Waals surface area contributed by atoms with Crippen LogP contribution in [0.1, 0.15) is 38.5 Å². The molecule has 2 aliphatic rings. The fourth-order valence-electron chi connectivity index (χ4n) is 3.17. The van der Waals surface area contributed by atoms with Crippen LogP contribution in [0.2, 0.25) is 3.93 Å². The molecule has 16 heavy (non-hydrogen) atoms. The van der Waals surface area contributed by atoms with E-state index in [2.05, 4.69) is 0 Å². The summed E-state index contributed by atoms with van der Waals surface area (Å²) >= 11 is 7.81. The Bertz CT molecular complexity index is 233. The quantitative estimate of drug-likeness (QED) is 0.568. The molecule has 3 radical (unpaired) electrons. The van der Waals surface area contributed by atoms with Gasteiger partial charge in [-0.3, -0.25) is 0 Å². The van der Waals surface area contributed by atoms with Gasteiger partial charge in [-0.1, -0.05) is 0 Å². The van der Waals surface area contributed by atoms with Crippen molar-refractivity contribution in [3.8, 4) is 0 Å². The summed E-state index contributed by atoms with van der Waals surface area (Å²) in [6.45, 7) is 0. The normalized spacial score (nSPS) is 50.2. The molecular formula is C12H19ClFOSn. The second kappa shape index (κ2) is 5.75. The average Bonchev–Trinajstić information content (AvgIpc) is 2.28. The molecule has 0 aromatic carbocycles. The first-order valence-electron chi connectivity index (χ1n) is 6.27. The average molecular weight is 352 g/mol. The number of rotatable bonds is 1. The first-order chi connectivity index (χ1) is 7.59. The Morgan fingerprint density at radius 1 is 1.06 bits per heavy atom. The minimum atomic E-state index is -1.22. The Balaban J connectivity index is 1.94. The summed E-state index contributed by atoms with van der Waals surface area (Å²) in [6.07, 6.45) is 4.47. The summed E-state index contributed by atoms with van der Waals surface area (Å²) in [5.41, 5.74) is 0. The number of hydrogen-bond donors (Lipinski definition) is 1. The third-order valence-electron chi connectivity index (χ3n) is 4.25. The molecule has 4 heteroatoms. The van der Waals surface area contributed by atoms with Gasteiger partial charge < -0.3 is 0 Å². The van der Waals surface area contributed by atoms with Crippen LogP contribution in [0.15, 0.2) is 0 Å². The van der Waals surface area contributed by atoms with Gasteiger partial charge in [0, 0.05) is 0 Å². The summed E-state index contributed by atoms with van der Waals surface area (Å²) in [6, 6.07) is 0. The van der Waals surface area contributed by atoms with Crippen molar-refractivity contribution in [1.82, 2.24) is 0 Å². The molecule has 0 aliphatic heterocycles. The van der Waals surface area contributed by atoms with Crippen LogP contribution < -0.4 is 0 Å². The maximum atomic E-state index is 13.7. The van der Waals surface area contributed by atoms with Crippen molar-refractivity contribution in [2.24, 2.45) is 11.8 Å². The van der Waals surface area contributed by atoms with Crippen LogP contribution in [0.25, 0.3) is 0 Å². The van der Waals surface area contributed by atoms with Gasteiger partial charge in [0.15, 0.2) is 0 Å². The zero-order chi connectivity index (χ0) is 11.7. The van der Waals surface area contributed by atoms with Crippen molar-refractivity contribution in [2.45, 2.75) is 60.1 Å². The van der Waals surface area contributed by atoms with Crippen molar-refractivity contribution in [1.29, 1.82) is 0 Å². The summed E-state index contributed by atoms with van der Waals surface area (Å²) in [5.74, 6) is 0.897. The van der Waals surface area contributed by atoms with E-state index in [-0.39, 0.29) is 0 Å². The Hall–Kier alpha value is 0.979. The van der Waals surface area contributed by atoms with Crippen molar-refractivity contribution in [3.05, 3.63) is 0 Å². The van der Waals surface area contributed by atoms with E-state index in [1.165, 1.54) is 25.7 Å². The summed E-state index contributed by atoms with van der Waals surface area (Å²) in [5, 5.41) is 8.99. The van der Waals surface area contributed by atoms with Crippen LogP contribution in [-0.2, 0) is 0 Å². The molecule has 0 heterocycles. The van der Waals surface area contributed by atoms with Gasteiger partial charge in [-0.25, -0.2) is 0 Å². The Kier molecular flexibility index (Phi) is 4.82. The van der Waals surface area contributed by atoms with E-state index in [9.17, 15) is 9.50 Å². The van der Waals surface area contributed by atoms with Gasteiger partial charge in [-0.15, -0.1) is 0 Å². The monoisotopic (exact) mass is 353 g/mol. The van der Waals surface area contributed by atoms with E-state index in [1.54, 1.807) is 22.5 Å². The van der Waals surface area contributed by atoms with E-state index in [4.69, 9.17) is 11.6 Å². The predicted octanol–water partition coefficient (Wildman–Crippen LogP) is 2.85. The fraction of sp³-hybridized carbons (Fsp3) is 1.00. The Labute approximate surface area is 115 Å². The number of aliphatic hydroxyl groups is 1. The van der Waals surface area contributed by atoms with Gasteiger partial charge >= 0.3 is 116 Å². The van der Waals surface area contributed by atoms with Crippen LogP contribution in [-0.4, -0.2) is 45.3 Å². The van der Waals surface area contributed by atoms with E-state index >= 15 is 0 Å². The second-order valence-corrected chi connectivity index (χ2v) is 8.14. The molecule has 0 aromatic heterocycles. The topological polar surface area (TPSA) is 20.2 Å². The van der Waals surface area contributed by atoms with E-state index in [0.717, 1.165) is 10.4 Å². The van der Waals surface area contributed by atoms with Crippen LogP contribution in [0.3, 0.4) is 0 Å². The minimum absolute atomic E-state index is 0.295. The summed E-state index contributed by atoms with van der Waals surface area (Å²) < 4.78 is 14.6. The molecule has 4 unspecified atom stereocenters. The predicted molar refractivity (Wildman–Crippen MR) is 64.7 cm³/mol. The zero-order valence-corrected chi connectivity index (χ0v) is 13.0. The van der Waals surface area contributed by atoms with E-state index in [1.807, 2.05) is 0 Å². The van der Waals surface area contributed by atoms with E-state index in [0.29, 0.717) is 18.3 Å². The second-order valence-electron chi connectivity index (χ2n) is 5.31. The van der Waals surface area contributed by atoms with E-state index < -0.39 is 17.7 Å². The van der Waals surface area contributed by atoms with Crippen LogP contribution in [0.5, 0.6) is 0 Å². The van der Waals surface area contributed by atoms with Crippen molar-refractivity contribution < 1.29 is 9.50 Å². The van der Waals surface area contributed by atoms with Gasteiger partial charge in [-0.2, -0.15) is 0 Å². The van der Waals surface area contributed by atoms with Crippen molar-refractivity contribution in [2.75, 3.05) is 0 Å². The summed E-state index contributed by atoms with van der Waals surface area (Å²) in [4.78, 5) is 0. The molecule has 0 saturated heterocycles. The molecule has 0 aromatic rings. The van der Waals surface area contributed by atoms with Crippen LogP contribution in [0.4, 0.5) is 4.39 Å². The van der Waals surface area contributed by atoms with Crippen molar-refractivity contribution in [3.63, 3.8) is 0 Å². The Morgan fingerprint density at radius 2 is 1.69 bits per heavy atom. The maximum absolute atomic E-state index is 13.7. The van der Waals surface area contributed by atoms with Crippen LogP contribution in [0, 0.1) is 11.8 Å². The Morgan fingerprint density at radius 3 is 2.31 bits per heavy atom. The van der Waals surface area contributed by atoms with Gasteiger partial charge in [0.2, 0.25) is 0 Å². The van der Waals surface area contributed by atoms with Gasteiger partial charge in [-0.05, 0) is 0 Å². The summed E-state index contributed by atoms with van der Waals surface area (Å²) in [7, 11) is 0. The van der Waals surface area contributed by atoms with Gasteiger partial charge in [0.25, 0.3) is 0 Å². The molecule has 2 saturated carbocycles. The molecule has 1 N–H and O–H groups in total. The fourth-order valence-corrected chi connectivity index (χ4v) is 4.62. The standard InChI is InChI=1S/C12H19ClFO.Sn/c13-11-9(6-7-10(15)12(11)14)8-4-2-1-3-5-8;/h1,8-12,15H,2-7H2;. The first-order valence-corrected chi connectivity index (χ1v) is 8.35. The molecule has 2 rings (SSSR count). The number of halogens is 2. The first kappa shape index (κ1) is 13.4. The molecule has 2 aliphatic carbocycles. The molecule has 0 spiro atoms.